The van der Waals surface area contributed by atoms with E-state index in [4.69, 9.17) is 74.8 Å². The Morgan fingerprint density at radius 3 is 1.54 bits per heavy atom. The van der Waals surface area contributed by atoms with Gasteiger partial charge in [-0.05, 0) is 54.0 Å². The Hall–Kier alpha value is -2.71. The lowest BCUT2D eigenvalue weighted by atomic mass is 9.77. The van der Waals surface area contributed by atoms with Gasteiger partial charge in [0.1, 0.15) is 0 Å². The van der Waals surface area contributed by atoms with Gasteiger partial charge in [-0.15, -0.1) is 0 Å². The van der Waals surface area contributed by atoms with E-state index in [1.807, 2.05) is 0 Å². The highest BCUT2D eigenvalue weighted by Crippen LogP contribution is 2.60. The Morgan fingerprint density at radius 2 is 1.10 bits per heavy atom. The van der Waals surface area contributed by atoms with E-state index < -0.39 is 5.97 Å². The summed E-state index contributed by atoms with van der Waals surface area (Å²) in [5.41, 5.74) is 2.48. The van der Waals surface area contributed by atoms with E-state index in [2.05, 4.69) is 13.8 Å². The summed E-state index contributed by atoms with van der Waals surface area (Å²) in [6.07, 6.45) is 1.09. The van der Waals surface area contributed by atoms with Crippen molar-refractivity contribution in [2.75, 3.05) is 35.5 Å². The third-order valence-corrected chi connectivity index (χ3v) is 8.80. The van der Waals surface area contributed by atoms with Gasteiger partial charge >= 0.3 is 5.97 Å². The predicted octanol–water partition coefficient (Wildman–Crippen LogP) is 8.60. The molecule has 0 saturated carbocycles. The molecule has 0 saturated heterocycles. The molecular weight excluding hydrogens is 614 g/mol. The van der Waals surface area contributed by atoms with Crippen molar-refractivity contribution in [3.05, 3.63) is 55.0 Å². The molecule has 220 valence electrons. The molecule has 3 aromatic carbocycles. The molecule has 0 aliphatic heterocycles. The smallest absolute Gasteiger partial charge is 0.345 e. The van der Waals surface area contributed by atoms with Gasteiger partial charge in [0.15, 0.2) is 23.0 Å². The summed E-state index contributed by atoms with van der Waals surface area (Å²) < 4.78 is 34.9. The molecule has 41 heavy (non-hydrogen) atoms. The first-order chi connectivity index (χ1) is 19.5. The summed E-state index contributed by atoms with van der Waals surface area (Å²) in [7, 11) is 7.40. The van der Waals surface area contributed by atoms with Gasteiger partial charge in [-0.2, -0.15) is 0 Å². The summed E-state index contributed by atoms with van der Waals surface area (Å²) in [6.45, 7) is 4.26. The van der Waals surface area contributed by atoms with Gasteiger partial charge in [-0.25, -0.2) is 4.79 Å². The summed E-state index contributed by atoms with van der Waals surface area (Å²) in [6, 6.07) is 4.49. The lowest BCUT2D eigenvalue weighted by Gasteiger charge is -2.32. The van der Waals surface area contributed by atoms with Crippen LogP contribution >= 0.6 is 46.4 Å². The molecule has 1 aliphatic carbocycles. The molecule has 7 nitrogen and oxygen atoms in total. The third-order valence-electron chi connectivity index (χ3n) is 7.45. The van der Waals surface area contributed by atoms with Crippen molar-refractivity contribution in [2.45, 2.75) is 26.7 Å². The van der Waals surface area contributed by atoms with Crippen LogP contribution in [0.5, 0.6) is 34.5 Å². The lowest BCUT2D eigenvalue weighted by molar-refractivity contribution is 0.0730. The van der Waals surface area contributed by atoms with Crippen LogP contribution in [0.4, 0.5) is 0 Å². The number of carbonyl (C=O) groups excluding carboxylic acids is 1. The Labute approximate surface area is 259 Å². The molecule has 2 atom stereocenters. The first-order valence-corrected chi connectivity index (χ1v) is 14.2. The van der Waals surface area contributed by atoms with Crippen LogP contribution in [-0.2, 0) is 12.8 Å². The fraction of sp³-hybridized carbons (Fsp3) is 0.367. The second kappa shape index (κ2) is 12.7. The van der Waals surface area contributed by atoms with Crippen molar-refractivity contribution < 1.29 is 33.2 Å². The van der Waals surface area contributed by atoms with E-state index in [1.54, 1.807) is 6.07 Å². The SMILES string of the molecule is COc1c(Cl)c2c(c(OC)c1OC)-c1c(c(Cl)c(OC)c(OC)c1OC(=O)c1ccc(Cl)cc1Cl)CC(C)C(C)C2. The number of ether oxygens (including phenoxy) is 6. The molecule has 0 N–H and O–H groups in total. The molecule has 1 aliphatic rings. The summed E-state index contributed by atoms with van der Waals surface area (Å²) in [5.74, 6) is 0.875. The number of esters is 1. The fourth-order valence-corrected chi connectivity index (χ4v) is 6.34. The molecule has 0 aromatic heterocycles. The molecule has 0 radical (unpaired) electrons. The van der Waals surface area contributed by atoms with Gasteiger partial charge in [-0.1, -0.05) is 60.3 Å². The molecular formula is C30H30Cl4O7. The van der Waals surface area contributed by atoms with Crippen molar-refractivity contribution in [1.82, 2.24) is 0 Å². The van der Waals surface area contributed by atoms with E-state index in [9.17, 15) is 4.79 Å². The van der Waals surface area contributed by atoms with E-state index in [0.717, 1.165) is 0 Å². The highest BCUT2D eigenvalue weighted by atomic mass is 35.5. The van der Waals surface area contributed by atoms with Crippen molar-refractivity contribution in [3.63, 3.8) is 0 Å². The number of hydrogen-bond acceptors (Lipinski definition) is 7. The Morgan fingerprint density at radius 1 is 0.659 bits per heavy atom. The maximum Gasteiger partial charge on any atom is 0.345 e. The Bertz CT molecular complexity index is 1510. The number of halogens is 4. The number of methoxy groups -OCH3 is 5. The van der Waals surface area contributed by atoms with E-state index in [1.165, 1.54) is 47.7 Å². The predicted molar refractivity (Wildman–Crippen MR) is 162 cm³/mol. The Kier molecular flexibility index (Phi) is 9.64. The summed E-state index contributed by atoms with van der Waals surface area (Å²) in [5, 5.41) is 1.15. The van der Waals surface area contributed by atoms with E-state index >= 15 is 0 Å². The monoisotopic (exact) mass is 642 g/mol. The molecule has 0 bridgehead atoms. The largest absolute Gasteiger partial charge is 0.492 e. The van der Waals surface area contributed by atoms with E-state index in [-0.39, 0.29) is 45.4 Å². The van der Waals surface area contributed by atoms with Crippen molar-refractivity contribution in [1.29, 1.82) is 0 Å². The van der Waals surface area contributed by atoms with Crippen LogP contribution in [-0.4, -0.2) is 41.5 Å². The lowest BCUT2D eigenvalue weighted by Crippen LogP contribution is -2.20. The second-order valence-electron chi connectivity index (χ2n) is 9.71. The quantitative estimate of drug-likeness (QED) is 0.189. The molecule has 2 unspecified atom stereocenters. The van der Waals surface area contributed by atoms with Gasteiger partial charge < -0.3 is 28.4 Å². The zero-order chi connectivity index (χ0) is 30.2. The third kappa shape index (κ3) is 5.45. The molecule has 3 aromatic rings. The van der Waals surface area contributed by atoms with Crippen LogP contribution in [0, 0.1) is 11.8 Å². The standard InChI is InChI=1S/C30H30Cl4O7/c1-13-10-17-20(24(36-3)28(39-6)26(37-4)22(17)33)21-18(11-14(13)2)23(34)27(38-5)29(40-7)25(21)41-30(35)16-9-8-15(31)12-19(16)32/h8-9,12-14H,10-11H2,1-7H3. The highest BCUT2D eigenvalue weighted by molar-refractivity contribution is 6.37. The number of rotatable bonds is 7. The number of benzene rings is 3. The average molecular weight is 644 g/mol. The van der Waals surface area contributed by atoms with Gasteiger partial charge in [0.2, 0.25) is 11.5 Å². The molecule has 11 heteroatoms. The van der Waals surface area contributed by atoms with Gasteiger partial charge in [0.25, 0.3) is 0 Å². The maximum atomic E-state index is 13.6. The van der Waals surface area contributed by atoms with Crippen LogP contribution in [0.25, 0.3) is 11.1 Å². The molecule has 0 heterocycles. The maximum absolute atomic E-state index is 13.6. The fourth-order valence-electron chi connectivity index (χ4n) is 5.19. The van der Waals surface area contributed by atoms with E-state index in [0.29, 0.717) is 61.7 Å². The topological polar surface area (TPSA) is 72.5 Å². The normalized spacial score (nSPS) is 16.1. The summed E-state index contributed by atoms with van der Waals surface area (Å²) >= 11 is 26.5. The number of hydrogen-bond donors (Lipinski definition) is 0. The van der Waals surface area contributed by atoms with Crippen LogP contribution < -0.4 is 28.4 Å². The minimum absolute atomic E-state index is 0.0596. The molecule has 0 spiro atoms. The number of carbonyl (C=O) groups is 1. The average Bonchev–Trinajstić information content (AvgIpc) is 2.94. The van der Waals surface area contributed by atoms with Crippen molar-refractivity contribution >= 4 is 52.4 Å². The van der Waals surface area contributed by atoms with Crippen LogP contribution in [0.15, 0.2) is 18.2 Å². The van der Waals surface area contributed by atoms with Gasteiger partial charge in [-0.3, -0.25) is 0 Å². The molecule has 4 rings (SSSR count). The minimum atomic E-state index is -0.743. The Balaban J connectivity index is 2.19. The van der Waals surface area contributed by atoms with Crippen LogP contribution in [0.3, 0.4) is 0 Å². The zero-order valence-electron chi connectivity index (χ0n) is 23.7. The van der Waals surface area contributed by atoms with Crippen LogP contribution in [0.2, 0.25) is 20.1 Å². The van der Waals surface area contributed by atoms with Gasteiger partial charge in [0.05, 0.1) is 56.2 Å². The first kappa shape index (κ1) is 31.2. The van der Waals surface area contributed by atoms with Crippen molar-refractivity contribution in [2.24, 2.45) is 11.8 Å². The minimum Gasteiger partial charge on any atom is -0.492 e. The summed E-state index contributed by atoms with van der Waals surface area (Å²) in [4.78, 5) is 13.6. The second-order valence-corrected chi connectivity index (χ2v) is 11.3. The zero-order valence-corrected chi connectivity index (χ0v) is 26.7. The molecule has 0 amide bonds. The highest BCUT2D eigenvalue weighted by Gasteiger charge is 2.38. The number of fused-ring (bicyclic) bond motifs is 3. The van der Waals surface area contributed by atoms with Crippen LogP contribution in [0.1, 0.15) is 35.3 Å². The van der Waals surface area contributed by atoms with Gasteiger partial charge in [0, 0.05) is 16.1 Å². The van der Waals surface area contributed by atoms with Crippen molar-refractivity contribution in [3.8, 4) is 45.6 Å². The first-order valence-electron chi connectivity index (χ1n) is 12.7. The molecule has 0 fully saturated rings.